The van der Waals surface area contributed by atoms with Crippen molar-refractivity contribution in [1.29, 1.82) is 0 Å². The van der Waals surface area contributed by atoms with Crippen LogP contribution >= 0.6 is 0 Å². The van der Waals surface area contributed by atoms with Gasteiger partial charge in [-0.2, -0.15) is 0 Å². The third-order valence-electron chi connectivity index (χ3n) is 3.45. The predicted molar refractivity (Wildman–Crippen MR) is 86.6 cm³/mol. The lowest BCUT2D eigenvalue weighted by Crippen LogP contribution is -2.28. The molecule has 6 nitrogen and oxygen atoms in total. The Hall–Kier alpha value is -1.40. The van der Waals surface area contributed by atoms with Crippen molar-refractivity contribution in [2.24, 2.45) is 0 Å². The molecule has 0 aromatic rings. The zero-order chi connectivity index (χ0) is 16.8. The van der Waals surface area contributed by atoms with E-state index in [2.05, 4.69) is 37.5 Å². The molecule has 0 aromatic carbocycles. The molecule has 0 N–H and O–H groups in total. The summed E-state index contributed by atoms with van der Waals surface area (Å²) in [6.07, 6.45) is 2.23. The highest BCUT2D eigenvalue weighted by molar-refractivity contribution is 5.91. The van der Waals surface area contributed by atoms with E-state index in [0.717, 1.165) is 38.3 Å². The molecule has 0 bridgehead atoms. The molecular formula is C16H30N2O4. The van der Waals surface area contributed by atoms with Crippen LogP contribution in [0.3, 0.4) is 0 Å². The van der Waals surface area contributed by atoms with Crippen molar-refractivity contribution < 1.29 is 19.1 Å². The van der Waals surface area contributed by atoms with E-state index < -0.39 is 11.9 Å². The van der Waals surface area contributed by atoms with Gasteiger partial charge in [-0.3, -0.25) is 0 Å². The first-order valence-corrected chi connectivity index (χ1v) is 8.03. The summed E-state index contributed by atoms with van der Waals surface area (Å²) in [6, 6.07) is 0. The summed E-state index contributed by atoms with van der Waals surface area (Å²) in [7, 11) is 0. The smallest absolute Gasteiger partial charge is 0.331 e. The molecule has 0 unspecified atom stereocenters. The Morgan fingerprint density at radius 3 is 1.32 bits per heavy atom. The van der Waals surface area contributed by atoms with Crippen LogP contribution in [0.2, 0.25) is 0 Å². The third kappa shape index (κ3) is 10.3. The predicted octanol–water partition coefficient (Wildman–Crippen LogP) is 1.31. The van der Waals surface area contributed by atoms with Crippen LogP contribution in [0.5, 0.6) is 0 Å². The molecule has 22 heavy (non-hydrogen) atoms. The van der Waals surface area contributed by atoms with E-state index in [-0.39, 0.29) is 0 Å². The number of hydrogen-bond acceptors (Lipinski definition) is 6. The van der Waals surface area contributed by atoms with Crippen LogP contribution in [0.4, 0.5) is 0 Å². The molecule has 0 aromatic heterocycles. The first-order valence-electron chi connectivity index (χ1n) is 8.03. The largest absolute Gasteiger partial charge is 0.461 e. The Morgan fingerprint density at radius 1 is 0.727 bits per heavy atom. The second-order valence-corrected chi connectivity index (χ2v) is 4.72. The minimum atomic E-state index is -0.521. The van der Waals surface area contributed by atoms with Crippen molar-refractivity contribution in [3.63, 3.8) is 0 Å². The molecule has 0 saturated heterocycles. The van der Waals surface area contributed by atoms with E-state index in [1.54, 1.807) is 0 Å². The van der Waals surface area contributed by atoms with Gasteiger partial charge in [-0.15, -0.1) is 0 Å². The number of likely N-dealkylation sites (N-methyl/N-ethyl adjacent to an activating group) is 2. The van der Waals surface area contributed by atoms with Gasteiger partial charge in [-0.25, -0.2) is 9.59 Å². The average Bonchev–Trinajstić information content (AvgIpc) is 2.53. The Labute approximate surface area is 134 Å². The van der Waals surface area contributed by atoms with Gasteiger partial charge in [-0.05, 0) is 26.2 Å². The van der Waals surface area contributed by atoms with E-state index in [9.17, 15) is 9.59 Å². The van der Waals surface area contributed by atoms with Gasteiger partial charge in [0.2, 0.25) is 0 Å². The molecule has 0 aliphatic heterocycles. The average molecular weight is 314 g/mol. The van der Waals surface area contributed by atoms with Gasteiger partial charge in [0, 0.05) is 25.2 Å². The van der Waals surface area contributed by atoms with Gasteiger partial charge < -0.3 is 19.3 Å². The number of rotatable bonds is 12. The number of esters is 2. The van der Waals surface area contributed by atoms with Crippen molar-refractivity contribution >= 4 is 11.9 Å². The maximum Gasteiger partial charge on any atom is 0.331 e. The van der Waals surface area contributed by atoms with E-state index in [1.165, 1.54) is 0 Å². The lowest BCUT2D eigenvalue weighted by atomic mass is 10.4. The second kappa shape index (κ2) is 13.3. The van der Waals surface area contributed by atoms with Crippen LogP contribution < -0.4 is 0 Å². The third-order valence-corrected chi connectivity index (χ3v) is 3.45. The number of carbonyl (C=O) groups is 2. The minimum Gasteiger partial charge on any atom is -0.461 e. The maximum atomic E-state index is 11.4. The molecule has 0 atom stereocenters. The lowest BCUT2D eigenvalue weighted by Gasteiger charge is -2.17. The Bertz CT molecular complexity index is 305. The van der Waals surface area contributed by atoms with Gasteiger partial charge in [0.1, 0.15) is 13.2 Å². The van der Waals surface area contributed by atoms with Crippen molar-refractivity contribution in [2.45, 2.75) is 27.7 Å². The quantitative estimate of drug-likeness (QED) is 0.400. The number of hydrogen-bond donors (Lipinski definition) is 0. The van der Waals surface area contributed by atoms with Crippen LogP contribution in [0.25, 0.3) is 0 Å². The summed E-state index contributed by atoms with van der Waals surface area (Å²) in [6.45, 7) is 13.9. The lowest BCUT2D eigenvalue weighted by molar-refractivity contribution is -0.140. The number of ether oxygens (including phenoxy) is 2. The van der Waals surface area contributed by atoms with Gasteiger partial charge >= 0.3 is 11.9 Å². The van der Waals surface area contributed by atoms with Crippen LogP contribution in [0, 0.1) is 0 Å². The van der Waals surface area contributed by atoms with Crippen LogP contribution in [0.1, 0.15) is 27.7 Å². The zero-order valence-electron chi connectivity index (χ0n) is 14.3. The molecule has 0 saturated carbocycles. The highest BCUT2D eigenvalue weighted by Crippen LogP contribution is 1.91. The highest BCUT2D eigenvalue weighted by Gasteiger charge is 2.04. The van der Waals surface area contributed by atoms with Crippen molar-refractivity contribution in [3.05, 3.63) is 12.2 Å². The summed E-state index contributed by atoms with van der Waals surface area (Å²) in [5.41, 5.74) is 0. The maximum absolute atomic E-state index is 11.4. The standard InChI is InChI=1S/C16H30N2O4/c1-5-17(6-2)11-13-21-15(19)9-10-16(20)22-14-12-18(7-3)8-4/h9-10H,5-8,11-14H2,1-4H3. The summed E-state index contributed by atoms with van der Waals surface area (Å²) < 4.78 is 10.0. The van der Waals surface area contributed by atoms with Gasteiger partial charge in [0.05, 0.1) is 0 Å². The number of carbonyl (C=O) groups excluding carboxylic acids is 2. The van der Waals surface area contributed by atoms with E-state index >= 15 is 0 Å². The van der Waals surface area contributed by atoms with Crippen molar-refractivity contribution in [2.75, 3.05) is 52.5 Å². The SMILES string of the molecule is CCN(CC)CCOC(=O)C=CC(=O)OCCN(CC)CC. The topological polar surface area (TPSA) is 59.1 Å². The second-order valence-electron chi connectivity index (χ2n) is 4.72. The summed E-state index contributed by atoms with van der Waals surface area (Å²) in [5, 5.41) is 0. The monoisotopic (exact) mass is 314 g/mol. The molecule has 0 radical (unpaired) electrons. The summed E-state index contributed by atoms with van der Waals surface area (Å²) >= 11 is 0. The molecule has 0 spiro atoms. The van der Waals surface area contributed by atoms with Gasteiger partial charge in [0.25, 0.3) is 0 Å². The Kier molecular flexibility index (Phi) is 12.4. The molecule has 0 amide bonds. The Balaban J connectivity index is 3.84. The molecular weight excluding hydrogens is 284 g/mol. The van der Waals surface area contributed by atoms with E-state index in [4.69, 9.17) is 9.47 Å². The fraction of sp³-hybridized carbons (Fsp3) is 0.750. The molecule has 6 heteroatoms. The fourth-order valence-electron chi connectivity index (χ4n) is 1.86. The molecule has 128 valence electrons. The van der Waals surface area contributed by atoms with E-state index in [0.29, 0.717) is 26.3 Å². The minimum absolute atomic E-state index is 0.321. The van der Waals surface area contributed by atoms with Crippen molar-refractivity contribution in [3.8, 4) is 0 Å². The van der Waals surface area contributed by atoms with Gasteiger partial charge in [0.15, 0.2) is 0 Å². The Morgan fingerprint density at radius 2 is 1.05 bits per heavy atom. The van der Waals surface area contributed by atoms with Gasteiger partial charge in [-0.1, -0.05) is 27.7 Å². The summed E-state index contributed by atoms with van der Waals surface area (Å²) in [5.74, 6) is -1.04. The molecule has 0 fully saturated rings. The zero-order valence-corrected chi connectivity index (χ0v) is 14.3. The first kappa shape index (κ1) is 20.6. The normalized spacial score (nSPS) is 11.4. The fourth-order valence-corrected chi connectivity index (χ4v) is 1.86. The van der Waals surface area contributed by atoms with Crippen LogP contribution in [-0.4, -0.2) is 74.2 Å². The van der Waals surface area contributed by atoms with E-state index in [1.807, 2.05) is 0 Å². The first-order chi connectivity index (χ1) is 10.6. The molecule has 0 heterocycles. The highest BCUT2D eigenvalue weighted by atomic mass is 16.5. The molecule has 0 aliphatic carbocycles. The van der Waals surface area contributed by atoms with Crippen LogP contribution in [0.15, 0.2) is 12.2 Å². The molecule has 0 aliphatic rings. The number of nitrogens with zero attached hydrogens (tertiary/aromatic N) is 2. The summed E-state index contributed by atoms with van der Waals surface area (Å²) in [4.78, 5) is 27.2. The van der Waals surface area contributed by atoms with Crippen LogP contribution in [-0.2, 0) is 19.1 Å². The molecule has 0 rings (SSSR count). The van der Waals surface area contributed by atoms with Crippen molar-refractivity contribution in [1.82, 2.24) is 9.80 Å².